The van der Waals surface area contributed by atoms with Crippen LogP contribution in [-0.2, 0) is 11.3 Å². The van der Waals surface area contributed by atoms with E-state index in [0.717, 1.165) is 5.56 Å². The van der Waals surface area contributed by atoms with Crippen LogP contribution in [0.3, 0.4) is 0 Å². The molecular weight excluding hydrogens is 276 g/mol. The van der Waals surface area contributed by atoms with Gasteiger partial charge in [-0.2, -0.15) is 5.26 Å². The fourth-order valence-electron chi connectivity index (χ4n) is 1.58. The second-order valence-electron chi connectivity index (χ2n) is 3.97. The van der Waals surface area contributed by atoms with Crippen molar-refractivity contribution in [2.45, 2.75) is 6.61 Å². The number of hydrogen-bond donors (Lipinski definition) is 1. The Kier molecular flexibility index (Phi) is 4.59. The van der Waals surface area contributed by atoms with Crippen molar-refractivity contribution in [1.82, 2.24) is 0 Å². The molecule has 2 aromatic rings. The van der Waals surface area contributed by atoms with Gasteiger partial charge in [-0.1, -0.05) is 48.0 Å². The van der Waals surface area contributed by atoms with Crippen molar-refractivity contribution in [3.05, 3.63) is 64.7 Å². The van der Waals surface area contributed by atoms with E-state index in [1.807, 2.05) is 36.4 Å². The van der Waals surface area contributed by atoms with Crippen LogP contribution < -0.4 is 5.32 Å². The Morgan fingerprint density at radius 1 is 1.20 bits per heavy atom. The van der Waals surface area contributed by atoms with E-state index >= 15 is 0 Å². The molecule has 0 atom stereocenters. The average Bonchev–Trinajstić information content (AvgIpc) is 2.48. The molecule has 0 saturated carbocycles. The van der Waals surface area contributed by atoms with Gasteiger partial charge in [0, 0.05) is 0 Å². The zero-order chi connectivity index (χ0) is 14.4. The molecule has 2 aromatic carbocycles. The van der Waals surface area contributed by atoms with Gasteiger partial charge in [0.25, 0.3) is 0 Å². The number of rotatable bonds is 3. The molecule has 0 spiro atoms. The van der Waals surface area contributed by atoms with Gasteiger partial charge in [-0.25, -0.2) is 4.79 Å². The first-order valence-electron chi connectivity index (χ1n) is 5.87. The van der Waals surface area contributed by atoms with E-state index < -0.39 is 6.09 Å². The lowest BCUT2D eigenvalue weighted by Gasteiger charge is -2.09. The molecule has 0 radical (unpaired) electrons. The summed E-state index contributed by atoms with van der Waals surface area (Å²) in [4.78, 5) is 11.7. The zero-order valence-electron chi connectivity index (χ0n) is 10.5. The van der Waals surface area contributed by atoms with E-state index in [-0.39, 0.29) is 11.6 Å². The van der Waals surface area contributed by atoms with E-state index in [4.69, 9.17) is 21.6 Å². The molecule has 0 saturated heterocycles. The smallest absolute Gasteiger partial charge is 0.412 e. The Morgan fingerprint density at radius 2 is 1.95 bits per heavy atom. The Bertz CT molecular complexity index is 651. The number of anilines is 1. The lowest BCUT2D eigenvalue weighted by molar-refractivity contribution is 0.155. The summed E-state index contributed by atoms with van der Waals surface area (Å²) in [5.41, 5.74) is 1.54. The Labute approximate surface area is 121 Å². The van der Waals surface area contributed by atoms with Crippen molar-refractivity contribution in [2.75, 3.05) is 5.32 Å². The zero-order valence-corrected chi connectivity index (χ0v) is 11.2. The maximum atomic E-state index is 11.7. The first-order chi connectivity index (χ1) is 9.70. The lowest BCUT2D eigenvalue weighted by Crippen LogP contribution is -2.14. The Morgan fingerprint density at radius 3 is 2.65 bits per heavy atom. The molecule has 0 aliphatic heterocycles. The summed E-state index contributed by atoms with van der Waals surface area (Å²) in [6.45, 7) is 0.169. The summed E-state index contributed by atoms with van der Waals surface area (Å²) >= 11 is 5.98. The molecule has 2 rings (SSSR count). The van der Waals surface area contributed by atoms with Crippen molar-refractivity contribution in [3.8, 4) is 6.07 Å². The molecular formula is C15H11ClN2O2. The number of amides is 1. The monoisotopic (exact) mass is 286 g/mol. The van der Waals surface area contributed by atoms with Gasteiger partial charge in [0.2, 0.25) is 0 Å². The minimum Gasteiger partial charge on any atom is -0.444 e. The Hall–Kier alpha value is -2.51. The second-order valence-corrected chi connectivity index (χ2v) is 4.34. The minimum atomic E-state index is -0.620. The largest absolute Gasteiger partial charge is 0.444 e. The maximum Gasteiger partial charge on any atom is 0.412 e. The SMILES string of the molecule is N#Cc1cccc(NC(=O)OCc2ccccc2)c1Cl. The molecule has 100 valence electrons. The molecule has 0 aliphatic carbocycles. The van der Waals surface area contributed by atoms with Gasteiger partial charge in [-0.05, 0) is 17.7 Å². The van der Waals surface area contributed by atoms with Gasteiger partial charge in [0.1, 0.15) is 12.7 Å². The number of nitrogens with zero attached hydrogens (tertiary/aromatic N) is 1. The number of benzene rings is 2. The molecule has 4 nitrogen and oxygen atoms in total. The van der Waals surface area contributed by atoms with Crippen LogP contribution in [-0.4, -0.2) is 6.09 Å². The number of carbonyl (C=O) groups excluding carboxylic acids is 1. The minimum absolute atomic E-state index is 0.169. The number of halogens is 1. The molecule has 1 N–H and O–H groups in total. The van der Waals surface area contributed by atoms with Crippen LogP contribution >= 0.6 is 11.6 Å². The van der Waals surface area contributed by atoms with Gasteiger partial charge >= 0.3 is 6.09 Å². The van der Waals surface area contributed by atoms with Crippen LogP contribution in [0, 0.1) is 11.3 Å². The average molecular weight is 287 g/mol. The summed E-state index contributed by atoms with van der Waals surface area (Å²) in [6, 6.07) is 16.1. The second kappa shape index (κ2) is 6.60. The van der Waals surface area contributed by atoms with Gasteiger partial charge in [-0.15, -0.1) is 0 Å². The van der Waals surface area contributed by atoms with Crippen LogP contribution in [0.25, 0.3) is 0 Å². The number of hydrogen-bond acceptors (Lipinski definition) is 3. The van der Waals surface area contributed by atoms with Crippen molar-refractivity contribution in [2.24, 2.45) is 0 Å². The lowest BCUT2D eigenvalue weighted by atomic mass is 10.2. The summed E-state index contributed by atoms with van der Waals surface area (Å²) in [7, 11) is 0. The van der Waals surface area contributed by atoms with Crippen molar-refractivity contribution < 1.29 is 9.53 Å². The van der Waals surface area contributed by atoms with Crippen LogP contribution in [0.2, 0.25) is 5.02 Å². The van der Waals surface area contributed by atoms with Gasteiger partial charge in [0.15, 0.2) is 0 Å². The number of nitriles is 1. The van der Waals surface area contributed by atoms with Crippen molar-refractivity contribution >= 4 is 23.4 Å². The number of carbonyl (C=O) groups is 1. The van der Waals surface area contributed by atoms with Gasteiger partial charge in [-0.3, -0.25) is 5.32 Å². The van der Waals surface area contributed by atoms with Gasteiger partial charge < -0.3 is 4.74 Å². The molecule has 0 unspecified atom stereocenters. The summed E-state index contributed by atoms with van der Waals surface area (Å²) in [5.74, 6) is 0. The highest BCUT2D eigenvalue weighted by molar-refractivity contribution is 6.34. The first-order valence-corrected chi connectivity index (χ1v) is 6.25. The number of nitrogens with one attached hydrogen (secondary N) is 1. The van der Waals surface area contributed by atoms with Gasteiger partial charge in [0.05, 0.1) is 16.3 Å². The molecule has 0 aromatic heterocycles. The van der Waals surface area contributed by atoms with Crippen LogP contribution in [0.4, 0.5) is 10.5 Å². The predicted octanol–water partition coefficient (Wildman–Crippen LogP) is 3.96. The summed E-state index contributed by atoms with van der Waals surface area (Å²) in [5, 5.41) is 11.6. The normalized spacial score (nSPS) is 9.60. The topological polar surface area (TPSA) is 62.1 Å². The Balaban J connectivity index is 1.97. The highest BCUT2D eigenvalue weighted by Crippen LogP contribution is 2.25. The first kappa shape index (κ1) is 13.9. The molecule has 0 heterocycles. The highest BCUT2D eigenvalue weighted by atomic mass is 35.5. The molecule has 0 aliphatic rings. The molecule has 0 bridgehead atoms. The molecule has 5 heteroatoms. The van der Waals surface area contributed by atoms with Crippen LogP contribution in [0.15, 0.2) is 48.5 Å². The standard InChI is InChI=1S/C15H11ClN2O2/c16-14-12(9-17)7-4-8-13(14)18-15(19)20-10-11-5-2-1-3-6-11/h1-8H,10H2,(H,18,19). The van der Waals surface area contributed by atoms with Crippen molar-refractivity contribution in [3.63, 3.8) is 0 Å². The quantitative estimate of drug-likeness (QED) is 0.929. The van der Waals surface area contributed by atoms with E-state index in [9.17, 15) is 4.79 Å². The van der Waals surface area contributed by atoms with E-state index in [1.165, 1.54) is 0 Å². The fourth-order valence-corrected chi connectivity index (χ4v) is 1.80. The van der Waals surface area contributed by atoms with Crippen LogP contribution in [0.5, 0.6) is 0 Å². The molecule has 0 fully saturated rings. The third-order valence-corrected chi connectivity index (χ3v) is 2.98. The van der Waals surface area contributed by atoms with Crippen molar-refractivity contribution in [1.29, 1.82) is 5.26 Å². The fraction of sp³-hybridized carbons (Fsp3) is 0.0667. The molecule has 1 amide bonds. The van der Waals surface area contributed by atoms with E-state index in [2.05, 4.69) is 5.32 Å². The third-order valence-electron chi connectivity index (χ3n) is 2.57. The number of ether oxygens (including phenoxy) is 1. The third kappa shape index (κ3) is 3.50. The van der Waals surface area contributed by atoms with E-state index in [1.54, 1.807) is 18.2 Å². The predicted molar refractivity (Wildman–Crippen MR) is 76.4 cm³/mol. The van der Waals surface area contributed by atoms with E-state index in [0.29, 0.717) is 11.3 Å². The molecule has 20 heavy (non-hydrogen) atoms. The van der Waals surface area contributed by atoms with Crippen LogP contribution in [0.1, 0.15) is 11.1 Å². The summed E-state index contributed by atoms with van der Waals surface area (Å²) in [6.07, 6.45) is -0.620. The summed E-state index contributed by atoms with van der Waals surface area (Å²) < 4.78 is 5.07. The highest BCUT2D eigenvalue weighted by Gasteiger charge is 2.09. The maximum absolute atomic E-state index is 11.7.